The first-order valence-electron chi connectivity index (χ1n) is 5.53. The Hall–Kier alpha value is -2.06. The summed E-state index contributed by atoms with van der Waals surface area (Å²) in [4.78, 5) is 11.5. The van der Waals surface area contributed by atoms with Gasteiger partial charge in [0.15, 0.2) is 0 Å². The SMILES string of the molecule is CCOC(=O)Cc1c(C#N)ccc(OC)c1CO. The molecule has 0 radical (unpaired) electrons. The van der Waals surface area contributed by atoms with Crippen molar-refractivity contribution in [1.82, 2.24) is 0 Å². The number of carbonyl (C=O) groups excluding carboxylic acids is 1. The summed E-state index contributed by atoms with van der Waals surface area (Å²) in [6.45, 7) is 1.69. The van der Waals surface area contributed by atoms with Crippen LogP contribution in [0, 0.1) is 11.3 Å². The van der Waals surface area contributed by atoms with Gasteiger partial charge in [-0.2, -0.15) is 5.26 Å². The van der Waals surface area contributed by atoms with Crippen LogP contribution in [0.3, 0.4) is 0 Å². The number of carbonyl (C=O) groups is 1. The minimum atomic E-state index is -0.433. The van der Waals surface area contributed by atoms with Crippen LogP contribution in [0.25, 0.3) is 0 Å². The highest BCUT2D eigenvalue weighted by atomic mass is 16.5. The number of methoxy groups -OCH3 is 1. The average molecular weight is 249 g/mol. The van der Waals surface area contributed by atoms with Gasteiger partial charge in [-0.1, -0.05) is 0 Å². The van der Waals surface area contributed by atoms with E-state index in [2.05, 4.69) is 0 Å². The molecule has 0 aromatic heterocycles. The van der Waals surface area contributed by atoms with Crippen molar-refractivity contribution in [2.45, 2.75) is 20.0 Å². The smallest absolute Gasteiger partial charge is 0.310 e. The Balaban J connectivity index is 3.20. The van der Waals surface area contributed by atoms with Crippen LogP contribution in [0.5, 0.6) is 5.75 Å². The van der Waals surface area contributed by atoms with Gasteiger partial charge in [0.25, 0.3) is 0 Å². The van der Waals surface area contributed by atoms with Crippen molar-refractivity contribution in [1.29, 1.82) is 5.26 Å². The fraction of sp³-hybridized carbons (Fsp3) is 0.385. The zero-order chi connectivity index (χ0) is 13.5. The Kier molecular flexibility index (Phi) is 5.15. The summed E-state index contributed by atoms with van der Waals surface area (Å²) in [7, 11) is 1.47. The van der Waals surface area contributed by atoms with Gasteiger partial charge in [0.1, 0.15) is 5.75 Å². The number of aliphatic hydroxyl groups excluding tert-OH is 1. The van der Waals surface area contributed by atoms with Gasteiger partial charge >= 0.3 is 5.97 Å². The molecule has 0 aliphatic rings. The number of nitrogens with zero attached hydrogens (tertiary/aromatic N) is 1. The second kappa shape index (κ2) is 6.62. The largest absolute Gasteiger partial charge is 0.496 e. The van der Waals surface area contributed by atoms with E-state index in [9.17, 15) is 9.90 Å². The zero-order valence-corrected chi connectivity index (χ0v) is 10.4. The Labute approximate surface area is 106 Å². The molecule has 0 spiro atoms. The van der Waals surface area contributed by atoms with Crippen molar-refractivity contribution in [2.75, 3.05) is 13.7 Å². The van der Waals surface area contributed by atoms with Crippen LogP contribution in [0.4, 0.5) is 0 Å². The van der Waals surface area contributed by atoms with E-state index in [0.717, 1.165) is 0 Å². The molecule has 0 unspecified atom stereocenters. The van der Waals surface area contributed by atoms with Crippen LogP contribution >= 0.6 is 0 Å². The molecule has 1 rings (SSSR count). The molecule has 5 nitrogen and oxygen atoms in total. The predicted molar refractivity (Wildman–Crippen MR) is 64.0 cm³/mol. The third kappa shape index (κ3) is 2.99. The van der Waals surface area contributed by atoms with Gasteiger partial charge in [0.05, 0.1) is 38.4 Å². The normalized spacial score (nSPS) is 9.67. The zero-order valence-electron chi connectivity index (χ0n) is 10.4. The molecule has 1 aromatic rings. The summed E-state index contributed by atoms with van der Waals surface area (Å²) >= 11 is 0. The Morgan fingerprint density at radius 1 is 1.44 bits per heavy atom. The van der Waals surface area contributed by atoms with E-state index in [-0.39, 0.29) is 19.6 Å². The van der Waals surface area contributed by atoms with Crippen LogP contribution in [0.15, 0.2) is 12.1 Å². The van der Waals surface area contributed by atoms with Crippen LogP contribution in [-0.4, -0.2) is 24.8 Å². The fourth-order valence-electron chi connectivity index (χ4n) is 1.70. The molecule has 5 heteroatoms. The van der Waals surface area contributed by atoms with E-state index in [4.69, 9.17) is 14.7 Å². The summed E-state index contributed by atoms with van der Waals surface area (Å²) in [5.41, 5.74) is 1.25. The highest BCUT2D eigenvalue weighted by molar-refractivity contribution is 5.74. The molecule has 1 N–H and O–H groups in total. The minimum Gasteiger partial charge on any atom is -0.496 e. The van der Waals surface area contributed by atoms with E-state index < -0.39 is 5.97 Å². The van der Waals surface area contributed by atoms with Crippen LogP contribution in [-0.2, 0) is 22.6 Å². The van der Waals surface area contributed by atoms with Crippen LogP contribution in [0.1, 0.15) is 23.6 Å². The molecule has 0 saturated carbocycles. The first kappa shape index (κ1) is 14.0. The molecule has 0 fully saturated rings. The maximum atomic E-state index is 11.5. The van der Waals surface area contributed by atoms with E-state index in [1.807, 2.05) is 6.07 Å². The van der Waals surface area contributed by atoms with E-state index >= 15 is 0 Å². The molecule has 18 heavy (non-hydrogen) atoms. The summed E-state index contributed by atoms with van der Waals surface area (Å²) in [5.74, 6) is 0.0211. The minimum absolute atomic E-state index is 0.0518. The lowest BCUT2D eigenvalue weighted by Crippen LogP contribution is -2.11. The van der Waals surface area contributed by atoms with E-state index in [0.29, 0.717) is 22.4 Å². The van der Waals surface area contributed by atoms with Gasteiger partial charge in [-0.05, 0) is 24.6 Å². The monoisotopic (exact) mass is 249 g/mol. The van der Waals surface area contributed by atoms with Crippen molar-refractivity contribution in [3.63, 3.8) is 0 Å². The van der Waals surface area contributed by atoms with Crippen LogP contribution in [0.2, 0.25) is 0 Å². The highest BCUT2D eigenvalue weighted by Crippen LogP contribution is 2.26. The van der Waals surface area contributed by atoms with E-state index in [1.54, 1.807) is 19.1 Å². The van der Waals surface area contributed by atoms with Gasteiger partial charge in [-0.3, -0.25) is 4.79 Å². The molecule has 0 atom stereocenters. The van der Waals surface area contributed by atoms with Gasteiger partial charge < -0.3 is 14.6 Å². The summed E-state index contributed by atoms with van der Waals surface area (Å²) < 4.78 is 9.94. The fourth-order valence-corrected chi connectivity index (χ4v) is 1.70. The predicted octanol–water partition coefficient (Wildman–Crippen LogP) is 1.16. The third-order valence-electron chi connectivity index (χ3n) is 2.51. The number of hydrogen-bond donors (Lipinski definition) is 1. The van der Waals surface area contributed by atoms with Gasteiger partial charge in [-0.25, -0.2) is 0 Å². The standard InChI is InChI=1S/C13H15NO4/c1-3-18-13(16)6-10-9(7-14)4-5-12(17-2)11(10)8-15/h4-5,15H,3,6,8H2,1-2H3. The number of benzene rings is 1. The molecule has 0 aliphatic heterocycles. The topological polar surface area (TPSA) is 79.6 Å². The molecule has 0 heterocycles. The number of aliphatic hydroxyl groups is 1. The molecule has 0 saturated heterocycles. The maximum Gasteiger partial charge on any atom is 0.310 e. The number of rotatable bonds is 5. The number of ether oxygens (including phenoxy) is 2. The molecule has 0 aliphatic carbocycles. The molecular formula is C13H15NO4. The Bertz CT molecular complexity index is 477. The van der Waals surface area contributed by atoms with E-state index in [1.165, 1.54) is 7.11 Å². The van der Waals surface area contributed by atoms with Crippen molar-refractivity contribution >= 4 is 5.97 Å². The number of hydrogen-bond acceptors (Lipinski definition) is 5. The van der Waals surface area contributed by atoms with Crippen molar-refractivity contribution in [3.8, 4) is 11.8 Å². The van der Waals surface area contributed by atoms with Crippen molar-refractivity contribution in [3.05, 3.63) is 28.8 Å². The Morgan fingerprint density at radius 2 is 2.17 bits per heavy atom. The molecule has 0 bridgehead atoms. The average Bonchev–Trinajstić information content (AvgIpc) is 2.38. The van der Waals surface area contributed by atoms with Crippen molar-refractivity contribution < 1.29 is 19.4 Å². The molecule has 0 amide bonds. The summed E-state index contributed by atoms with van der Waals surface area (Å²) in [6.07, 6.45) is -0.0518. The van der Waals surface area contributed by atoms with Gasteiger partial charge in [0, 0.05) is 5.56 Å². The maximum absolute atomic E-state index is 11.5. The molecule has 1 aromatic carbocycles. The van der Waals surface area contributed by atoms with Crippen molar-refractivity contribution in [2.24, 2.45) is 0 Å². The number of nitriles is 1. The van der Waals surface area contributed by atoms with Gasteiger partial charge in [-0.15, -0.1) is 0 Å². The second-order valence-electron chi connectivity index (χ2n) is 3.52. The van der Waals surface area contributed by atoms with Crippen LogP contribution < -0.4 is 4.74 Å². The van der Waals surface area contributed by atoms with Gasteiger partial charge in [0.2, 0.25) is 0 Å². The summed E-state index contributed by atoms with van der Waals surface area (Å²) in [6, 6.07) is 5.15. The number of esters is 1. The first-order chi connectivity index (χ1) is 8.67. The highest BCUT2D eigenvalue weighted by Gasteiger charge is 2.16. The third-order valence-corrected chi connectivity index (χ3v) is 2.51. The molecule has 96 valence electrons. The Morgan fingerprint density at radius 3 is 2.67 bits per heavy atom. The quantitative estimate of drug-likeness (QED) is 0.792. The lowest BCUT2D eigenvalue weighted by molar-refractivity contribution is -0.142. The first-order valence-corrected chi connectivity index (χ1v) is 5.53. The molecular weight excluding hydrogens is 234 g/mol. The second-order valence-corrected chi connectivity index (χ2v) is 3.52. The lowest BCUT2D eigenvalue weighted by Gasteiger charge is -2.13. The summed E-state index contributed by atoms with van der Waals surface area (Å²) in [5, 5.41) is 18.4. The lowest BCUT2D eigenvalue weighted by atomic mass is 9.98.